The van der Waals surface area contributed by atoms with Gasteiger partial charge < -0.3 is 15.1 Å². The lowest BCUT2D eigenvalue weighted by Gasteiger charge is -2.34. The van der Waals surface area contributed by atoms with Crippen LogP contribution >= 0.6 is 0 Å². The van der Waals surface area contributed by atoms with E-state index in [1.807, 2.05) is 54.6 Å². The predicted octanol–water partition coefficient (Wildman–Crippen LogP) is 2.49. The summed E-state index contributed by atoms with van der Waals surface area (Å²) in [5.74, 6) is -0.716. The molecule has 0 saturated carbocycles. The molecule has 2 heterocycles. The van der Waals surface area contributed by atoms with E-state index in [0.29, 0.717) is 39.0 Å². The van der Waals surface area contributed by atoms with Crippen molar-refractivity contribution in [3.8, 4) is 0 Å². The van der Waals surface area contributed by atoms with E-state index >= 15 is 0 Å². The van der Waals surface area contributed by atoms with Gasteiger partial charge in [0, 0.05) is 38.3 Å². The number of carbonyl (C=O) groups is 3. The Balaban J connectivity index is 1.23. The molecule has 0 aromatic heterocycles. The van der Waals surface area contributed by atoms with Crippen molar-refractivity contribution in [2.45, 2.75) is 25.4 Å². The Kier molecular flexibility index (Phi) is 6.47. The molecule has 0 bridgehead atoms. The van der Waals surface area contributed by atoms with E-state index in [0.717, 1.165) is 16.8 Å². The summed E-state index contributed by atoms with van der Waals surface area (Å²) in [4.78, 5) is 37.3. The third kappa shape index (κ3) is 5.40. The highest BCUT2D eigenvalue weighted by Gasteiger charge is 2.28. The zero-order valence-electron chi connectivity index (χ0n) is 17.3. The number of carbonyl (C=O) groups excluding carboxylic acids is 3. The van der Waals surface area contributed by atoms with Crippen LogP contribution in [-0.2, 0) is 20.9 Å². The molecule has 2 aliphatic rings. The Morgan fingerprint density at radius 2 is 1.71 bits per heavy atom. The number of nitrogens with zero attached hydrogens (tertiary/aromatic N) is 2. The second-order valence-corrected chi connectivity index (χ2v) is 7.75. The monoisotopic (exact) mass is 422 g/mol. The Morgan fingerprint density at radius 1 is 1.00 bits per heavy atom. The van der Waals surface area contributed by atoms with Crippen LogP contribution in [0.3, 0.4) is 0 Å². The summed E-state index contributed by atoms with van der Waals surface area (Å²) in [6.07, 6.45) is 0.617. The maximum Gasteiger partial charge on any atom is 0.410 e. The number of rotatable bonds is 5. The molecule has 2 aromatic carbocycles. The molecule has 8 heteroatoms. The van der Waals surface area contributed by atoms with E-state index in [2.05, 4.69) is 15.8 Å². The minimum Gasteiger partial charge on any atom is -0.445 e. The molecule has 2 fully saturated rings. The van der Waals surface area contributed by atoms with Gasteiger partial charge in [0.15, 0.2) is 0 Å². The maximum absolute atomic E-state index is 12.3. The molecule has 8 nitrogen and oxygen atoms in total. The fourth-order valence-electron chi connectivity index (χ4n) is 3.80. The molecule has 2 N–H and O–H groups in total. The van der Waals surface area contributed by atoms with Crippen LogP contribution < -0.4 is 10.7 Å². The number of imide groups is 1. The van der Waals surface area contributed by atoms with Crippen molar-refractivity contribution in [2.75, 3.05) is 31.6 Å². The van der Waals surface area contributed by atoms with E-state index in [1.165, 1.54) is 0 Å². The van der Waals surface area contributed by atoms with E-state index in [9.17, 15) is 14.4 Å². The molecule has 31 heavy (non-hydrogen) atoms. The summed E-state index contributed by atoms with van der Waals surface area (Å²) in [7, 11) is 0. The van der Waals surface area contributed by atoms with Crippen molar-refractivity contribution in [1.29, 1.82) is 0 Å². The molecule has 0 aliphatic carbocycles. The summed E-state index contributed by atoms with van der Waals surface area (Å²) < 4.78 is 5.40. The number of benzene rings is 2. The van der Waals surface area contributed by atoms with E-state index in [1.54, 1.807) is 4.90 Å². The number of hydrogen-bond donors (Lipinski definition) is 2. The molecule has 162 valence electrons. The third-order valence-electron chi connectivity index (χ3n) is 5.58. The van der Waals surface area contributed by atoms with E-state index < -0.39 is 0 Å². The van der Waals surface area contributed by atoms with Crippen LogP contribution in [0.5, 0.6) is 0 Å². The molecular formula is C23H26N4O4. The molecule has 1 unspecified atom stereocenters. The van der Waals surface area contributed by atoms with E-state index in [4.69, 9.17) is 4.74 Å². The van der Waals surface area contributed by atoms with Crippen molar-refractivity contribution < 1.29 is 19.1 Å². The van der Waals surface area contributed by atoms with Crippen molar-refractivity contribution in [3.63, 3.8) is 0 Å². The van der Waals surface area contributed by atoms with E-state index in [-0.39, 0.29) is 30.4 Å². The van der Waals surface area contributed by atoms with Gasteiger partial charge in [-0.25, -0.2) is 9.80 Å². The fourth-order valence-corrected chi connectivity index (χ4v) is 3.80. The standard InChI is InChI=1S/C23H26N4O4/c28-21-11-10-20(22(29)24-21)18-6-8-19(9-7-18)25-27-14-12-26(13-15-27)23(30)31-16-17-4-2-1-3-5-17/h1-9,20,25H,10-16H2,(H,24,28,29). The Morgan fingerprint density at radius 3 is 2.39 bits per heavy atom. The van der Waals surface area contributed by atoms with Gasteiger partial charge in [0.1, 0.15) is 6.61 Å². The molecular weight excluding hydrogens is 396 g/mol. The molecule has 0 spiro atoms. The van der Waals surface area contributed by atoms with Crippen molar-refractivity contribution in [2.24, 2.45) is 0 Å². The lowest BCUT2D eigenvalue weighted by Crippen LogP contribution is -2.50. The molecule has 0 radical (unpaired) electrons. The largest absolute Gasteiger partial charge is 0.445 e. The smallest absolute Gasteiger partial charge is 0.410 e. The molecule has 2 aromatic rings. The average molecular weight is 422 g/mol. The average Bonchev–Trinajstić information content (AvgIpc) is 2.79. The zero-order valence-corrected chi connectivity index (χ0v) is 17.3. The first kappa shape index (κ1) is 20.9. The Hall–Kier alpha value is -3.39. The summed E-state index contributed by atoms with van der Waals surface area (Å²) in [6.45, 7) is 2.78. The summed E-state index contributed by atoms with van der Waals surface area (Å²) in [5, 5.41) is 4.45. The fraction of sp³-hybridized carbons (Fsp3) is 0.348. The quantitative estimate of drug-likeness (QED) is 0.720. The predicted molar refractivity (Wildman–Crippen MR) is 115 cm³/mol. The highest BCUT2D eigenvalue weighted by Crippen LogP contribution is 2.26. The Bertz CT molecular complexity index is 924. The van der Waals surface area contributed by atoms with Crippen LogP contribution in [0.25, 0.3) is 0 Å². The van der Waals surface area contributed by atoms with Gasteiger partial charge in [-0.05, 0) is 29.7 Å². The number of hydrazine groups is 1. The topological polar surface area (TPSA) is 91.0 Å². The summed E-state index contributed by atoms with van der Waals surface area (Å²) in [5.41, 5.74) is 6.13. The maximum atomic E-state index is 12.3. The van der Waals surface area contributed by atoms with Crippen LogP contribution in [0.1, 0.15) is 29.9 Å². The van der Waals surface area contributed by atoms with Crippen LogP contribution in [0, 0.1) is 0 Å². The molecule has 3 amide bonds. The van der Waals surface area contributed by atoms with Gasteiger partial charge in [-0.15, -0.1) is 0 Å². The highest BCUT2D eigenvalue weighted by molar-refractivity contribution is 6.00. The van der Waals surface area contributed by atoms with Crippen molar-refractivity contribution in [1.82, 2.24) is 15.2 Å². The normalized spacial score (nSPS) is 19.6. The molecule has 4 rings (SSSR count). The third-order valence-corrected chi connectivity index (χ3v) is 5.58. The SMILES string of the molecule is O=C1CCC(c2ccc(NN3CCN(C(=O)OCc4ccccc4)CC3)cc2)C(=O)N1. The number of amides is 3. The van der Waals surface area contributed by atoms with Crippen LogP contribution in [-0.4, -0.2) is 54.0 Å². The minimum absolute atomic E-state index is 0.206. The van der Waals surface area contributed by atoms with Crippen molar-refractivity contribution in [3.05, 3.63) is 65.7 Å². The number of nitrogens with one attached hydrogen (secondary N) is 2. The highest BCUT2D eigenvalue weighted by atomic mass is 16.6. The first-order valence-corrected chi connectivity index (χ1v) is 10.5. The van der Waals surface area contributed by atoms with Gasteiger partial charge in [0.2, 0.25) is 11.8 Å². The van der Waals surface area contributed by atoms with Gasteiger partial charge >= 0.3 is 6.09 Å². The van der Waals surface area contributed by atoms with Gasteiger partial charge in [0.25, 0.3) is 0 Å². The Labute approximate surface area is 181 Å². The lowest BCUT2D eigenvalue weighted by molar-refractivity contribution is -0.134. The molecule has 2 aliphatic heterocycles. The number of hydrogen-bond acceptors (Lipinski definition) is 6. The number of piperidine rings is 1. The van der Waals surface area contributed by atoms with Gasteiger partial charge in [-0.1, -0.05) is 42.5 Å². The van der Waals surface area contributed by atoms with Crippen LogP contribution in [0.15, 0.2) is 54.6 Å². The number of ether oxygens (including phenoxy) is 1. The van der Waals surface area contributed by atoms with Crippen LogP contribution in [0.2, 0.25) is 0 Å². The lowest BCUT2D eigenvalue weighted by atomic mass is 9.90. The molecule has 2 saturated heterocycles. The summed E-state index contributed by atoms with van der Waals surface area (Å²) in [6, 6.07) is 17.3. The number of anilines is 1. The van der Waals surface area contributed by atoms with Crippen molar-refractivity contribution >= 4 is 23.6 Å². The first-order valence-electron chi connectivity index (χ1n) is 10.5. The summed E-state index contributed by atoms with van der Waals surface area (Å²) >= 11 is 0. The van der Waals surface area contributed by atoms with Gasteiger partial charge in [-0.3, -0.25) is 14.9 Å². The van der Waals surface area contributed by atoms with Gasteiger partial charge in [-0.2, -0.15) is 0 Å². The number of piperazine rings is 1. The second-order valence-electron chi connectivity index (χ2n) is 7.75. The minimum atomic E-state index is -0.294. The van der Waals surface area contributed by atoms with Crippen LogP contribution in [0.4, 0.5) is 10.5 Å². The molecule has 1 atom stereocenters. The zero-order chi connectivity index (χ0) is 21.6. The second kappa shape index (κ2) is 9.61. The van der Waals surface area contributed by atoms with Gasteiger partial charge in [0.05, 0.1) is 5.92 Å². The first-order chi connectivity index (χ1) is 15.1.